The minimum atomic E-state index is -1.89. The van der Waals surface area contributed by atoms with Crippen LogP contribution in [0.15, 0.2) is 209 Å². The lowest BCUT2D eigenvalue weighted by Gasteiger charge is -2.42. The van der Waals surface area contributed by atoms with Crippen LogP contribution < -0.4 is 16.0 Å². The molecule has 12 atom stereocenters. The van der Waals surface area contributed by atoms with Crippen LogP contribution in [0.3, 0.4) is 0 Å². The third-order valence-electron chi connectivity index (χ3n) is 26.8. The second kappa shape index (κ2) is 48.0. The number of nitrogens with zero attached hydrogens (tertiary/aromatic N) is 9. The molecule has 0 aliphatic carbocycles. The van der Waals surface area contributed by atoms with Crippen molar-refractivity contribution in [1.29, 1.82) is 0 Å². The average molecular weight is 2030 g/mol. The van der Waals surface area contributed by atoms with Crippen molar-refractivity contribution in [2.45, 2.75) is 198 Å². The summed E-state index contributed by atoms with van der Waals surface area (Å²) in [6, 6.07) is 63.0. The molecule has 4 fully saturated rings. The van der Waals surface area contributed by atoms with Crippen LogP contribution in [-0.2, 0) is 53.8 Å². The summed E-state index contributed by atoms with van der Waals surface area (Å²) in [5.74, 6) is 0.521. The van der Waals surface area contributed by atoms with Gasteiger partial charge in [0.1, 0.15) is 52.8 Å². The van der Waals surface area contributed by atoms with Crippen LogP contribution in [0.1, 0.15) is 184 Å². The molecule has 4 unspecified atom stereocenters. The molecular formula is C107H136F5IN12O8S2Si. The number of carbonyl (C=O) groups excluding carboxylic acids is 2. The maximum Gasteiger partial charge on any atom is 0.410 e. The molecule has 0 radical (unpaired) electrons. The fourth-order valence-corrected chi connectivity index (χ4v) is 22.0. The quantitative estimate of drug-likeness (QED) is 0.0345. The summed E-state index contributed by atoms with van der Waals surface area (Å²) >= 11 is 8.40. The van der Waals surface area contributed by atoms with Gasteiger partial charge in [0.15, 0.2) is 13.4 Å². The number of rotatable bonds is 12. The van der Waals surface area contributed by atoms with E-state index in [-0.39, 0.29) is 108 Å². The molecule has 29 heteroatoms. The van der Waals surface area contributed by atoms with E-state index >= 15 is 0 Å². The molecule has 4 saturated heterocycles. The average Bonchev–Trinajstić information content (AvgIpc) is 1.31. The van der Waals surface area contributed by atoms with Gasteiger partial charge in [-0.15, -0.1) is 0 Å². The second-order valence-electron chi connectivity index (χ2n) is 39.7. The Labute approximate surface area is 826 Å². The largest absolute Gasteiger partial charge is 0.460 e. The first-order valence-electron chi connectivity index (χ1n) is 48.5. The molecule has 730 valence electrons. The molecule has 8 aromatic carbocycles. The highest BCUT2D eigenvalue weighted by Crippen LogP contribution is 2.43. The molecule has 136 heavy (non-hydrogen) atoms. The molecule has 20 nitrogen and oxygen atoms in total. The molecule has 11 aliphatic heterocycles. The van der Waals surface area contributed by atoms with E-state index in [9.17, 15) is 31.0 Å². The number of hydrogen-bond donors (Lipinski definition) is 3. The number of aliphatic imine (C=N–C) groups is 3. The molecule has 0 spiro atoms. The number of nitrogens with one attached hydrogen (secondary N) is 3. The summed E-state index contributed by atoms with van der Waals surface area (Å²) in [4.78, 5) is 54.5. The highest BCUT2D eigenvalue weighted by Gasteiger charge is 2.44. The number of ether oxygens (including phenoxy) is 5. The van der Waals surface area contributed by atoms with E-state index < -0.39 is 19.5 Å². The predicted octanol–water partition coefficient (Wildman–Crippen LogP) is 21.0. The molecule has 11 aliphatic rings. The lowest BCUT2D eigenvalue weighted by Crippen LogP contribution is -2.53. The topological polar surface area (TPSA) is 182 Å². The number of amidine groups is 3. The second-order valence-corrected chi connectivity index (χ2v) is 44.9. The molecule has 0 saturated carbocycles. The van der Waals surface area contributed by atoms with Crippen molar-refractivity contribution in [2.75, 3.05) is 116 Å². The molecule has 19 rings (SSSR count). The standard InChI is InChI=1S/C31H44FN3O3SSi.C28H34FN3O3.2C23H26FN3O.CH3FS.CH3I/c1-31(2,3)37-30(36)34-18-9-11-24(21-34)27(38-40(4,5)6)20-33-29(39)35-19-17-22-10-7-8-12-26(22)28(35)23-13-15-25(32)16-14-23;1-28(2,3)35-27(33)31-15-6-8-21(18-31)24-17-30-26(34-24)32-16-14-19-7-4-5-9-23(19)25(32)20-10-12-22(29)13-11-20;2*24-19-9-7-17(8-10-19)22-20-6-2-1-4-16(20)11-13-27(22)23-26-15-21(28-23)18-5-3-12-25-14-18;1-3-2;1-2/h7-8,10,12-16,24,27-28H,9,11,17-21H2,1-6H3,(H,33,39);4-5,7,9-13,21,24-25H,6,8,14-18H2,1-3H3;2*1-2,4,6-10,18,21-22,25H,3,5,11-15H2;1H3;1H3/t24?,27?,28-;21?,24?,25-;18-,21+,22-;18-,21-,22+;;/m0001../s1. The molecule has 2 amide bonds. The van der Waals surface area contributed by atoms with Crippen molar-refractivity contribution >= 4 is 90.6 Å². The van der Waals surface area contributed by atoms with Gasteiger partial charge in [0.2, 0.25) is 0 Å². The van der Waals surface area contributed by atoms with Gasteiger partial charge >= 0.3 is 12.2 Å². The lowest BCUT2D eigenvalue weighted by atomic mass is 9.88. The third kappa shape index (κ3) is 27.0. The van der Waals surface area contributed by atoms with Gasteiger partial charge in [0, 0.05) is 114 Å². The summed E-state index contributed by atoms with van der Waals surface area (Å²) in [6.07, 6.45) is 13.4. The smallest absolute Gasteiger partial charge is 0.410 e. The summed E-state index contributed by atoms with van der Waals surface area (Å²) in [7, 11) is -1.89. The lowest BCUT2D eigenvalue weighted by molar-refractivity contribution is 0.00500. The number of alkyl halides is 1. The van der Waals surface area contributed by atoms with E-state index in [1.165, 1.54) is 101 Å². The van der Waals surface area contributed by atoms with Crippen LogP contribution >= 0.6 is 47.0 Å². The summed E-state index contributed by atoms with van der Waals surface area (Å²) in [6.45, 7) is 30.7. The minimum Gasteiger partial charge on any atom is -0.460 e. The number of hydrogen-bond acceptors (Lipinski definition) is 18. The van der Waals surface area contributed by atoms with Crippen molar-refractivity contribution in [3.05, 3.63) is 284 Å². The van der Waals surface area contributed by atoms with Crippen LogP contribution in [0.2, 0.25) is 19.6 Å². The number of likely N-dealkylation sites (tertiary alicyclic amines) is 2. The van der Waals surface area contributed by atoms with Crippen molar-refractivity contribution < 1.29 is 59.1 Å². The van der Waals surface area contributed by atoms with Crippen molar-refractivity contribution in [1.82, 2.24) is 45.3 Å². The van der Waals surface area contributed by atoms with Crippen molar-refractivity contribution in [3.8, 4) is 0 Å². The Morgan fingerprint density at radius 2 is 0.794 bits per heavy atom. The Hall–Kier alpha value is -9.37. The Morgan fingerprint density at radius 3 is 1.15 bits per heavy atom. The van der Waals surface area contributed by atoms with Gasteiger partial charge < -0.3 is 73.5 Å². The van der Waals surface area contributed by atoms with E-state index in [2.05, 4.69) is 163 Å². The number of piperidine rings is 4. The van der Waals surface area contributed by atoms with Crippen molar-refractivity contribution in [3.63, 3.8) is 0 Å². The Kier molecular flexibility index (Phi) is 36.2. The minimum absolute atomic E-state index is 0.00697. The van der Waals surface area contributed by atoms with Gasteiger partial charge in [0.25, 0.3) is 18.1 Å². The number of amides is 2. The van der Waals surface area contributed by atoms with Crippen molar-refractivity contribution in [2.24, 2.45) is 38.6 Å². The Bertz CT molecular complexity index is 5190. The van der Waals surface area contributed by atoms with Gasteiger partial charge in [-0.3, -0.25) is 0 Å². The highest BCUT2D eigenvalue weighted by atomic mass is 127. The van der Waals surface area contributed by atoms with E-state index in [0.29, 0.717) is 62.2 Å². The zero-order chi connectivity index (χ0) is 96.2. The monoisotopic (exact) mass is 2030 g/mol. The van der Waals surface area contributed by atoms with Gasteiger partial charge in [0.05, 0.1) is 49.9 Å². The first kappa shape index (κ1) is 103. The Balaban J connectivity index is 0.000000144. The zero-order valence-corrected chi connectivity index (χ0v) is 85.4. The number of benzene rings is 8. The first-order chi connectivity index (χ1) is 65.6. The molecule has 3 N–H and O–H groups in total. The van der Waals surface area contributed by atoms with Crippen LogP contribution in [0, 0.1) is 46.9 Å². The van der Waals surface area contributed by atoms with E-state index in [4.69, 9.17) is 55.3 Å². The van der Waals surface area contributed by atoms with E-state index in [1.54, 1.807) is 29.2 Å². The molecular weight excluding hydrogens is 1900 g/mol. The third-order valence-corrected chi connectivity index (χ3v) is 28.2. The van der Waals surface area contributed by atoms with E-state index in [1.807, 2.05) is 112 Å². The van der Waals surface area contributed by atoms with Gasteiger partial charge in [-0.05, 0) is 284 Å². The highest BCUT2D eigenvalue weighted by molar-refractivity contribution is 14.1. The number of fused-ring (bicyclic) bond motifs is 4. The van der Waals surface area contributed by atoms with Crippen LogP contribution in [-0.4, -0.2) is 225 Å². The Morgan fingerprint density at radius 1 is 0.471 bits per heavy atom. The zero-order valence-electron chi connectivity index (χ0n) is 80.6. The number of halogens is 6. The maximum absolute atomic E-state index is 13.8. The number of thiocarbonyl (C=S) groups is 1. The van der Waals surface area contributed by atoms with Gasteiger partial charge in [-0.2, -0.15) is 3.89 Å². The fourth-order valence-electron chi connectivity index (χ4n) is 20.5. The first-order valence-corrected chi connectivity index (χ1v) is 55.6. The van der Waals surface area contributed by atoms with Gasteiger partial charge in [-0.25, -0.2) is 42.1 Å². The maximum atomic E-state index is 13.8. The summed E-state index contributed by atoms with van der Waals surface area (Å²) in [5.41, 5.74) is 13.3. The SMILES string of the molecule is CC(C)(C)OC(=O)N1CCCC(C(CNC(=S)N2CCc3ccccc3[C@@H]2c2ccc(F)cc2)O[Si](C)(C)C)C1.CC(C)(C)OC(=O)N1CCCC(C2CN=C(N3CCc4ccccc4[C@@H]3c3ccc(F)cc3)O2)C1.CI.CSF.Fc1ccc([C@H]2c3ccccc3CCN2C2=NC[C@H]([C@@H]3CCCNC3)O2)cc1.Fc1ccc([C@H]2c3ccccc3CCN2C2=NC[C@H]([C@H]3CCCNC3)O2)cc1. The fraction of sp³-hybridized carbons (Fsp3) is 0.495. The molecule has 0 bridgehead atoms. The summed E-state index contributed by atoms with van der Waals surface area (Å²) < 4.78 is 102. The normalized spacial score (nSPS) is 23.7. The van der Waals surface area contributed by atoms with Crippen LogP contribution in [0.5, 0.6) is 0 Å². The molecule has 0 aromatic heterocycles. The number of carbonyl (C=O) groups is 2. The molecule has 11 heterocycles. The van der Waals surface area contributed by atoms with Crippen LogP contribution in [0.25, 0.3) is 0 Å². The predicted molar refractivity (Wildman–Crippen MR) is 548 cm³/mol. The van der Waals surface area contributed by atoms with Gasteiger partial charge in [-0.1, -0.05) is 168 Å². The van der Waals surface area contributed by atoms with E-state index in [0.717, 1.165) is 151 Å². The van der Waals surface area contributed by atoms with Crippen LogP contribution in [0.4, 0.5) is 31.0 Å². The summed E-state index contributed by atoms with van der Waals surface area (Å²) in [5, 5.41) is 11.2. The molecule has 8 aromatic rings.